The van der Waals surface area contributed by atoms with Crippen molar-refractivity contribution in [2.45, 2.75) is 0 Å². The van der Waals surface area contributed by atoms with E-state index in [-0.39, 0.29) is 5.69 Å². The van der Waals surface area contributed by atoms with E-state index in [1.807, 2.05) is 24.3 Å². The summed E-state index contributed by atoms with van der Waals surface area (Å²) in [6.07, 6.45) is 0. The second kappa shape index (κ2) is 5.87. The standard InChI is InChI=1S/C14H7BrClNO2/c15-12-5-2-10(3-6-12)1-4-11-9-13(17(18)19)7-8-14(11)16/h2-3,5-9H. The van der Waals surface area contributed by atoms with Gasteiger partial charge in [-0.25, -0.2) is 0 Å². The van der Waals surface area contributed by atoms with Gasteiger partial charge in [-0.1, -0.05) is 39.4 Å². The third-order valence-electron chi connectivity index (χ3n) is 2.35. The minimum Gasteiger partial charge on any atom is -0.258 e. The van der Waals surface area contributed by atoms with Gasteiger partial charge in [-0.05, 0) is 30.3 Å². The molecular formula is C14H7BrClNO2. The molecule has 0 amide bonds. The van der Waals surface area contributed by atoms with E-state index in [0.717, 1.165) is 10.0 Å². The van der Waals surface area contributed by atoms with Crippen LogP contribution in [0.15, 0.2) is 46.9 Å². The fraction of sp³-hybridized carbons (Fsp3) is 0. The molecule has 94 valence electrons. The average Bonchev–Trinajstić information content (AvgIpc) is 2.39. The summed E-state index contributed by atoms with van der Waals surface area (Å²) in [6.45, 7) is 0. The summed E-state index contributed by atoms with van der Waals surface area (Å²) in [7, 11) is 0. The second-order valence-corrected chi connectivity index (χ2v) is 5.00. The summed E-state index contributed by atoms with van der Waals surface area (Å²) in [5.41, 5.74) is 1.23. The Kier molecular flexibility index (Phi) is 4.20. The molecule has 0 fully saturated rings. The van der Waals surface area contributed by atoms with Crippen LogP contribution >= 0.6 is 27.5 Å². The quantitative estimate of drug-likeness (QED) is 0.440. The van der Waals surface area contributed by atoms with Crippen LogP contribution < -0.4 is 0 Å². The maximum atomic E-state index is 10.7. The fourth-order valence-electron chi connectivity index (χ4n) is 1.40. The highest BCUT2D eigenvalue weighted by Crippen LogP contribution is 2.21. The molecule has 0 radical (unpaired) electrons. The molecule has 0 aromatic heterocycles. The monoisotopic (exact) mass is 335 g/mol. The minimum absolute atomic E-state index is 0.0236. The number of hydrogen-bond donors (Lipinski definition) is 0. The predicted molar refractivity (Wildman–Crippen MR) is 78.2 cm³/mol. The van der Waals surface area contributed by atoms with Crippen LogP contribution in [0.2, 0.25) is 5.02 Å². The maximum absolute atomic E-state index is 10.7. The molecule has 0 atom stereocenters. The Morgan fingerprint density at radius 2 is 1.79 bits per heavy atom. The zero-order valence-electron chi connectivity index (χ0n) is 9.56. The molecule has 19 heavy (non-hydrogen) atoms. The molecule has 0 N–H and O–H groups in total. The van der Waals surface area contributed by atoms with Crippen LogP contribution in [0.25, 0.3) is 0 Å². The van der Waals surface area contributed by atoms with E-state index >= 15 is 0 Å². The van der Waals surface area contributed by atoms with Crippen molar-refractivity contribution in [1.29, 1.82) is 0 Å². The van der Waals surface area contributed by atoms with Crippen molar-refractivity contribution in [2.24, 2.45) is 0 Å². The maximum Gasteiger partial charge on any atom is 0.270 e. The summed E-state index contributed by atoms with van der Waals surface area (Å²) >= 11 is 9.29. The molecule has 0 aliphatic rings. The lowest BCUT2D eigenvalue weighted by Crippen LogP contribution is -1.89. The van der Waals surface area contributed by atoms with Gasteiger partial charge in [0.1, 0.15) is 0 Å². The summed E-state index contributed by atoms with van der Waals surface area (Å²) in [6, 6.07) is 11.6. The number of hydrogen-bond acceptors (Lipinski definition) is 2. The topological polar surface area (TPSA) is 43.1 Å². The third kappa shape index (κ3) is 3.57. The Balaban J connectivity index is 2.36. The van der Waals surface area contributed by atoms with Gasteiger partial charge >= 0.3 is 0 Å². The zero-order chi connectivity index (χ0) is 13.8. The first kappa shape index (κ1) is 13.6. The number of nitro groups is 1. The number of benzene rings is 2. The summed E-state index contributed by atoms with van der Waals surface area (Å²) < 4.78 is 0.964. The normalized spacial score (nSPS) is 9.58. The van der Waals surface area contributed by atoms with E-state index in [9.17, 15) is 10.1 Å². The molecule has 0 saturated carbocycles. The molecular weight excluding hydrogens is 330 g/mol. The fourth-order valence-corrected chi connectivity index (χ4v) is 1.82. The first-order chi connectivity index (χ1) is 9.06. The van der Waals surface area contributed by atoms with E-state index in [4.69, 9.17) is 11.6 Å². The van der Waals surface area contributed by atoms with Gasteiger partial charge in [0.05, 0.1) is 15.5 Å². The number of nitro benzene ring substituents is 1. The van der Waals surface area contributed by atoms with E-state index in [1.54, 1.807) is 0 Å². The molecule has 5 heteroatoms. The van der Waals surface area contributed by atoms with Gasteiger partial charge in [0.15, 0.2) is 0 Å². The van der Waals surface area contributed by atoms with Crippen molar-refractivity contribution >= 4 is 33.2 Å². The Morgan fingerprint density at radius 3 is 2.42 bits per heavy atom. The highest BCUT2D eigenvalue weighted by molar-refractivity contribution is 9.10. The van der Waals surface area contributed by atoms with Gasteiger partial charge < -0.3 is 0 Å². The van der Waals surface area contributed by atoms with Gasteiger partial charge in [-0.2, -0.15) is 0 Å². The SMILES string of the molecule is O=[N+]([O-])c1ccc(Cl)c(C#Cc2ccc(Br)cc2)c1. The van der Waals surface area contributed by atoms with Crippen LogP contribution in [0.5, 0.6) is 0 Å². The van der Waals surface area contributed by atoms with Crippen molar-refractivity contribution in [3.8, 4) is 11.8 Å². The zero-order valence-corrected chi connectivity index (χ0v) is 11.9. The number of halogens is 2. The molecule has 0 aliphatic carbocycles. The Morgan fingerprint density at radius 1 is 1.11 bits per heavy atom. The van der Waals surface area contributed by atoms with Crippen LogP contribution in [0, 0.1) is 22.0 Å². The number of non-ortho nitro benzene ring substituents is 1. The van der Waals surface area contributed by atoms with Gasteiger partial charge in [-0.15, -0.1) is 0 Å². The number of nitrogens with zero attached hydrogens (tertiary/aromatic N) is 1. The molecule has 2 aromatic rings. The lowest BCUT2D eigenvalue weighted by Gasteiger charge is -1.96. The van der Waals surface area contributed by atoms with E-state index in [2.05, 4.69) is 27.8 Å². The van der Waals surface area contributed by atoms with Crippen molar-refractivity contribution in [1.82, 2.24) is 0 Å². The van der Waals surface area contributed by atoms with Gasteiger partial charge in [0.25, 0.3) is 5.69 Å². The van der Waals surface area contributed by atoms with Crippen molar-refractivity contribution < 1.29 is 4.92 Å². The van der Waals surface area contributed by atoms with Crippen LogP contribution in [0.1, 0.15) is 11.1 Å². The lowest BCUT2D eigenvalue weighted by molar-refractivity contribution is -0.384. The van der Waals surface area contributed by atoms with Crippen LogP contribution in [-0.4, -0.2) is 4.92 Å². The van der Waals surface area contributed by atoms with Crippen LogP contribution in [0.4, 0.5) is 5.69 Å². The van der Waals surface area contributed by atoms with Crippen molar-refractivity contribution in [2.75, 3.05) is 0 Å². The molecule has 0 spiro atoms. The van der Waals surface area contributed by atoms with Gasteiger partial charge in [-0.3, -0.25) is 10.1 Å². The van der Waals surface area contributed by atoms with Crippen LogP contribution in [-0.2, 0) is 0 Å². The molecule has 2 aromatic carbocycles. The minimum atomic E-state index is -0.471. The molecule has 0 aliphatic heterocycles. The average molecular weight is 337 g/mol. The van der Waals surface area contributed by atoms with Crippen molar-refractivity contribution in [3.05, 3.63) is 73.2 Å². The molecule has 0 bridgehead atoms. The van der Waals surface area contributed by atoms with E-state index in [1.165, 1.54) is 18.2 Å². The Bertz CT molecular complexity index is 687. The Hall–Kier alpha value is -1.83. The smallest absolute Gasteiger partial charge is 0.258 e. The molecule has 0 unspecified atom stereocenters. The largest absolute Gasteiger partial charge is 0.270 e. The molecule has 2 rings (SSSR count). The second-order valence-electron chi connectivity index (χ2n) is 3.68. The third-order valence-corrected chi connectivity index (χ3v) is 3.20. The molecule has 0 saturated heterocycles. The molecule has 0 heterocycles. The summed E-state index contributed by atoms with van der Waals surface area (Å²) in [5.74, 6) is 5.76. The summed E-state index contributed by atoms with van der Waals surface area (Å²) in [5, 5.41) is 11.1. The van der Waals surface area contributed by atoms with Gasteiger partial charge in [0, 0.05) is 22.2 Å². The van der Waals surface area contributed by atoms with Crippen LogP contribution in [0.3, 0.4) is 0 Å². The predicted octanol–water partition coefficient (Wildman–Crippen LogP) is 4.41. The Labute approximate surface area is 123 Å². The first-order valence-corrected chi connectivity index (χ1v) is 6.45. The van der Waals surface area contributed by atoms with Crippen molar-refractivity contribution in [3.63, 3.8) is 0 Å². The van der Waals surface area contributed by atoms with Gasteiger partial charge in [0.2, 0.25) is 0 Å². The lowest BCUT2D eigenvalue weighted by atomic mass is 10.1. The summed E-state index contributed by atoms with van der Waals surface area (Å²) in [4.78, 5) is 10.2. The first-order valence-electron chi connectivity index (χ1n) is 5.28. The highest BCUT2D eigenvalue weighted by Gasteiger charge is 2.07. The highest BCUT2D eigenvalue weighted by atomic mass is 79.9. The van der Waals surface area contributed by atoms with E-state index < -0.39 is 4.92 Å². The number of rotatable bonds is 1. The molecule has 3 nitrogen and oxygen atoms in total. The van der Waals surface area contributed by atoms with E-state index in [0.29, 0.717) is 10.6 Å².